The van der Waals surface area contributed by atoms with Crippen molar-refractivity contribution in [2.45, 2.75) is 17.5 Å². The van der Waals surface area contributed by atoms with E-state index in [1.54, 1.807) is 7.11 Å². The standard InChI is InChI=1S/C17H18ClN5OS/c1-24-14-8-6-13(7-9-14)20-10-16-21-22-17(23(16)19)25-11-12-4-2-3-5-15(12)18/h2-9,20H,10-11,19H2,1H3. The second-order valence-electron chi connectivity index (χ2n) is 5.23. The molecule has 0 aliphatic rings. The normalized spacial score (nSPS) is 10.6. The number of halogens is 1. The predicted octanol–water partition coefficient (Wildman–Crippen LogP) is 3.56. The van der Waals surface area contributed by atoms with Crippen LogP contribution in [-0.2, 0) is 12.3 Å². The number of hydrogen-bond acceptors (Lipinski definition) is 6. The Morgan fingerprint density at radius 3 is 2.64 bits per heavy atom. The van der Waals surface area contributed by atoms with E-state index in [4.69, 9.17) is 22.2 Å². The lowest BCUT2D eigenvalue weighted by Crippen LogP contribution is -2.16. The van der Waals surface area contributed by atoms with E-state index in [1.165, 1.54) is 16.4 Å². The van der Waals surface area contributed by atoms with Gasteiger partial charge in [-0.2, -0.15) is 0 Å². The lowest BCUT2D eigenvalue weighted by molar-refractivity contribution is 0.415. The lowest BCUT2D eigenvalue weighted by Gasteiger charge is -2.08. The summed E-state index contributed by atoms with van der Waals surface area (Å²) in [4.78, 5) is 0. The number of methoxy groups -OCH3 is 1. The molecule has 0 saturated carbocycles. The van der Waals surface area contributed by atoms with Crippen LogP contribution in [0, 0.1) is 0 Å². The summed E-state index contributed by atoms with van der Waals surface area (Å²) in [7, 11) is 1.64. The van der Waals surface area contributed by atoms with Crippen LogP contribution >= 0.6 is 23.4 Å². The van der Waals surface area contributed by atoms with E-state index in [9.17, 15) is 0 Å². The van der Waals surface area contributed by atoms with Gasteiger partial charge in [-0.05, 0) is 35.9 Å². The van der Waals surface area contributed by atoms with Gasteiger partial charge in [0.1, 0.15) is 5.75 Å². The zero-order valence-electron chi connectivity index (χ0n) is 13.6. The van der Waals surface area contributed by atoms with Gasteiger partial charge in [-0.3, -0.25) is 0 Å². The Hall–Kier alpha value is -2.38. The largest absolute Gasteiger partial charge is 0.497 e. The summed E-state index contributed by atoms with van der Waals surface area (Å²) >= 11 is 7.67. The third kappa shape index (κ3) is 4.37. The molecule has 0 amide bonds. The van der Waals surface area contributed by atoms with E-state index in [2.05, 4.69) is 15.5 Å². The summed E-state index contributed by atoms with van der Waals surface area (Å²) in [5, 5.41) is 12.9. The number of nitrogens with zero attached hydrogens (tertiary/aromatic N) is 3. The number of anilines is 1. The zero-order valence-corrected chi connectivity index (χ0v) is 15.2. The number of rotatable bonds is 7. The number of benzene rings is 2. The summed E-state index contributed by atoms with van der Waals surface area (Å²) in [6.45, 7) is 0.475. The van der Waals surface area contributed by atoms with Crippen LogP contribution in [0.15, 0.2) is 53.7 Å². The van der Waals surface area contributed by atoms with Crippen molar-refractivity contribution in [2.24, 2.45) is 0 Å². The van der Waals surface area contributed by atoms with Gasteiger partial charge in [0.25, 0.3) is 0 Å². The van der Waals surface area contributed by atoms with Crippen molar-refractivity contribution in [1.29, 1.82) is 0 Å². The Morgan fingerprint density at radius 2 is 1.92 bits per heavy atom. The minimum absolute atomic E-state index is 0.475. The topological polar surface area (TPSA) is 78.0 Å². The van der Waals surface area contributed by atoms with Gasteiger partial charge in [-0.25, -0.2) is 4.68 Å². The molecular formula is C17H18ClN5OS. The van der Waals surface area contributed by atoms with Gasteiger partial charge in [-0.1, -0.05) is 41.6 Å². The van der Waals surface area contributed by atoms with E-state index in [0.717, 1.165) is 22.0 Å². The lowest BCUT2D eigenvalue weighted by atomic mass is 10.2. The van der Waals surface area contributed by atoms with Crippen molar-refractivity contribution in [1.82, 2.24) is 14.9 Å². The molecule has 0 unspecified atom stereocenters. The molecule has 1 heterocycles. The van der Waals surface area contributed by atoms with Gasteiger partial charge in [0.05, 0.1) is 13.7 Å². The average molecular weight is 376 g/mol. The number of nitrogens with one attached hydrogen (secondary N) is 1. The monoisotopic (exact) mass is 375 g/mol. The molecule has 0 saturated heterocycles. The Labute approximate surface area is 155 Å². The second kappa shape index (κ2) is 8.13. The van der Waals surface area contributed by atoms with Gasteiger partial charge in [0, 0.05) is 16.5 Å². The van der Waals surface area contributed by atoms with E-state index >= 15 is 0 Å². The minimum atomic E-state index is 0.475. The van der Waals surface area contributed by atoms with Gasteiger partial charge in [0.15, 0.2) is 5.82 Å². The smallest absolute Gasteiger partial charge is 0.210 e. The van der Waals surface area contributed by atoms with E-state index in [0.29, 0.717) is 23.3 Å². The Kier molecular flexibility index (Phi) is 5.67. The van der Waals surface area contributed by atoms with Crippen molar-refractivity contribution < 1.29 is 4.74 Å². The highest BCUT2D eigenvalue weighted by Gasteiger charge is 2.11. The summed E-state index contributed by atoms with van der Waals surface area (Å²) in [5.74, 6) is 8.24. The molecule has 2 aromatic carbocycles. The number of ether oxygens (including phenoxy) is 1. The molecule has 0 aliphatic carbocycles. The van der Waals surface area contributed by atoms with Crippen LogP contribution in [0.2, 0.25) is 5.02 Å². The van der Waals surface area contributed by atoms with Crippen LogP contribution in [0.1, 0.15) is 11.4 Å². The summed E-state index contributed by atoms with van der Waals surface area (Å²) in [6.07, 6.45) is 0. The minimum Gasteiger partial charge on any atom is -0.497 e. The molecule has 0 radical (unpaired) electrons. The Morgan fingerprint density at radius 1 is 1.16 bits per heavy atom. The number of thioether (sulfide) groups is 1. The maximum Gasteiger partial charge on any atom is 0.210 e. The quantitative estimate of drug-likeness (QED) is 0.485. The van der Waals surface area contributed by atoms with Crippen LogP contribution in [0.4, 0.5) is 5.69 Å². The molecule has 3 N–H and O–H groups in total. The van der Waals surface area contributed by atoms with Crippen molar-refractivity contribution in [2.75, 3.05) is 18.3 Å². The van der Waals surface area contributed by atoms with Crippen LogP contribution in [0.25, 0.3) is 0 Å². The molecule has 25 heavy (non-hydrogen) atoms. The number of nitrogens with two attached hydrogens (primary N) is 1. The molecule has 3 rings (SSSR count). The molecule has 0 atom stereocenters. The third-order valence-electron chi connectivity index (χ3n) is 3.59. The fourth-order valence-electron chi connectivity index (χ4n) is 2.17. The highest BCUT2D eigenvalue weighted by Crippen LogP contribution is 2.25. The highest BCUT2D eigenvalue weighted by atomic mass is 35.5. The van der Waals surface area contributed by atoms with Crippen molar-refractivity contribution in [3.63, 3.8) is 0 Å². The van der Waals surface area contributed by atoms with Gasteiger partial charge >= 0.3 is 0 Å². The number of nitrogen functional groups attached to an aromatic ring is 1. The average Bonchev–Trinajstić information content (AvgIpc) is 2.99. The molecule has 3 aromatic rings. The van der Waals surface area contributed by atoms with Gasteiger partial charge in [0.2, 0.25) is 5.16 Å². The molecule has 8 heteroatoms. The molecule has 0 spiro atoms. The SMILES string of the molecule is COc1ccc(NCc2nnc(SCc3ccccc3Cl)n2N)cc1. The van der Waals surface area contributed by atoms with Crippen molar-refractivity contribution in [3.8, 4) is 5.75 Å². The molecule has 0 bridgehead atoms. The Bertz CT molecular complexity index is 837. The number of hydrogen-bond donors (Lipinski definition) is 2. The van der Waals surface area contributed by atoms with E-state index in [-0.39, 0.29) is 0 Å². The van der Waals surface area contributed by atoms with Crippen LogP contribution < -0.4 is 15.9 Å². The maximum atomic E-state index is 6.17. The first-order valence-corrected chi connectivity index (χ1v) is 8.97. The molecule has 0 aliphatic heterocycles. The van der Waals surface area contributed by atoms with Crippen molar-refractivity contribution in [3.05, 3.63) is 64.9 Å². The molecule has 6 nitrogen and oxygen atoms in total. The predicted molar refractivity (Wildman–Crippen MR) is 102 cm³/mol. The summed E-state index contributed by atoms with van der Waals surface area (Å²) in [6, 6.07) is 15.4. The van der Waals surface area contributed by atoms with E-state index in [1.807, 2.05) is 48.5 Å². The molecule has 130 valence electrons. The first kappa shape index (κ1) is 17.4. The van der Waals surface area contributed by atoms with Crippen LogP contribution in [0.3, 0.4) is 0 Å². The molecule has 0 fully saturated rings. The van der Waals surface area contributed by atoms with Gasteiger partial charge < -0.3 is 15.9 Å². The first-order valence-electron chi connectivity index (χ1n) is 7.61. The fourth-order valence-corrected chi connectivity index (χ4v) is 3.34. The second-order valence-corrected chi connectivity index (χ2v) is 6.58. The van der Waals surface area contributed by atoms with Crippen molar-refractivity contribution >= 4 is 29.1 Å². The summed E-state index contributed by atoms with van der Waals surface area (Å²) < 4.78 is 6.64. The maximum absolute atomic E-state index is 6.17. The number of aromatic nitrogens is 3. The zero-order chi connectivity index (χ0) is 17.6. The first-order chi connectivity index (χ1) is 12.2. The summed E-state index contributed by atoms with van der Waals surface area (Å²) in [5.41, 5.74) is 1.99. The molecular weight excluding hydrogens is 358 g/mol. The van der Waals surface area contributed by atoms with Crippen LogP contribution in [0.5, 0.6) is 5.75 Å². The third-order valence-corrected chi connectivity index (χ3v) is 4.95. The highest BCUT2D eigenvalue weighted by molar-refractivity contribution is 7.98. The fraction of sp³-hybridized carbons (Fsp3) is 0.176. The van der Waals surface area contributed by atoms with Crippen LogP contribution in [-0.4, -0.2) is 22.0 Å². The van der Waals surface area contributed by atoms with E-state index < -0.39 is 0 Å². The molecule has 1 aromatic heterocycles. The van der Waals surface area contributed by atoms with Gasteiger partial charge in [-0.15, -0.1) is 10.2 Å². The Balaban J connectivity index is 1.59.